The first kappa shape index (κ1) is 12.5. The number of nitrogens with one attached hydrogen (secondary N) is 1. The fourth-order valence-electron chi connectivity index (χ4n) is 1.89. The van der Waals surface area contributed by atoms with Crippen molar-refractivity contribution in [2.45, 2.75) is 0 Å². The van der Waals surface area contributed by atoms with Gasteiger partial charge >= 0.3 is 0 Å². The van der Waals surface area contributed by atoms with Crippen LogP contribution >= 0.6 is 22.6 Å². The van der Waals surface area contributed by atoms with Crippen molar-refractivity contribution in [3.8, 4) is 11.3 Å². The van der Waals surface area contributed by atoms with E-state index in [0.29, 0.717) is 0 Å². The van der Waals surface area contributed by atoms with Crippen molar-refractivity contribution in [2.24, 2.45) is 0 Å². The maximum atomic E-state index is 10.8. The van der Waals surface area contributed by atoms with E-state index < -0.39 is 5.23 Å². The molecule has 2 N–H and O–H groups in total. The third-order valence-electron chi connectivity index (χ3n) is 2.84. The molecule has 1 atom stereocenters. The van der Waals surface area contributed by atoms with Crippen LogP contribution in [-0.4, -0.2) is 14.6 Å². The quantitative estimate of drug-likeness (QED) is 0.538. The van der Waals surface area contributed by atoms with E-state index in [0.717, 1.165) is 20.5 Å². The first-order valence-corrected chi connectivity index (χ1v) is 6.69. The second-order valence-electron chi connectivity index (χ2n) is 4.12. The molecule has 0 saturated heterocycles. The van der Waals surface area contributed by atoms with E-state index in [4.69, 9.17) is 5.21 Å². The molecule has 5 nitrogen and oxygen atoms in total. The van der Waals surface area contributed by atoms with Crippen molar-refractivity contribution >= 4 is 33.9 Å². The summed E-state index contributed by atoms with van der Waals surface area (Å²) in [5.74, 6) is 0. The Kier molecular flexibility index (Phi) is 3.23. The van der Waals surface area contributed by atoms with E-state index >= 15 is 0 Å². The molecule has 0 amide bonds. The van der Waals surface area contributed by atoms with Gasteiger partial charge in [-0.15, -0.1) is 0 Å². The summed E-state index contributed by atoms with van der Waals surface area (Å²) in [4.78, 5) is 4.51. The standard InChI is InChI=1S/C13H10IN3O2/c14-10-3-6-13-15-12(8-16(13)7-10)9-1-4-11(5-2-9)17(18)19/h1-8,17-18H. The topological polar surface area (TPSA) is 65.0 Å². The van der Waals surface area contributed by atoms with Gasteiger partial charge in [-0.1, -0.05) is 0 Å². The molecule has 0 radical (unpaired) electrons. The van der Waals surface area contributed by atoms with E-state index in [1.807, 2.05) is 28.9 Å². The van der Waals surface area contributed by atoms with Gasteiger partial charge < -0.3 is 9.61 Å². The van der Waals surface area contributed by atoms with Crippen LogP contribution in [-0.2, 0) is 0 Å². The molecule has 0 bridgehead atoms. The van der Waals surface area contributed by atoms with Crippen molar-refractivity contribution < 1.29 is 10.4 Å². The van der Waals surface area contributed by atoms with Gasteiger partial charge in [-0.05, 0) is 46.9 Å². The number of fused-ring (bicyclic) bond motifs is 1. The van der Waals surface area contributed by atoms with Crippen LogP contribution < -0.4 is 5.23 Å². The number of halogens is 1. The van der Waals surface area contributed by atoms with Crippen LogP contribution in [0.3, 0.4) is 0 Å². The number of quaternary nitrogens is 1. The third kappa shape index (κ3) is 2.47. The second kappa shape index (κ2) is 4.89. The Labute approximate surface area is 122 Å². The fraction of sp³-hybridized carbons (Fsp3) is 0. The van der Waals surface area contributed by atoms with E-state index in [1.165, 1.54) is 0 Å². The predicted molar refractivity (Wildman–Crippen MR) is 79.1 cm³/mol. The molecule has 2 heterocycles. The zero-order valence-electron chi connectivity index (χ0n) is 9.75. The highest BCUT2D eigenvalue weighted by Gasteiger charge is 2.06. The molecule has 0 aliphatic carbocycles. The summed E-state index contributed by atoms with van der Waals surface area (Å²) in [6.45, 7) is 0. The first-order chi connectivity index (χ1) is 9.13. The maximum Gasteiger partial charge on any atom is 0.163 e. The Morgan fingerprint density at radius 2 is 1.84 bits per heavy atom. The molecule has 2 aromatic heterocycles. The highest BCUT2D eigenvalue weighted by atomic mass is 127. The SMILES string of the molecule is [O-][NH+](O)c1ccc(-c2cn3cc(I)ccc3n2)cc1. The molecule has 0 fully saturated rings. The third-order valence-corrected chi connectivity index (χ3v) is 3.48. The second-order valence-corrected chi connectivity index (χ2v) is 5.37. The normalized spacial score (nSPS) is 12.8. The predicted octanol–water partition coefficient (Wildman–Crippen LogP) is 2.01. The van der Waals surface area contributed by atoms with Gasteiger partial charge in [0.15, 0.2) is 5.69 Å². The molecule has 0 spiro atoms. The lowest BCUT2D eigenvalue weighted by Crippen LogP contribution is -2.99. The van der Waals surface area contributed by atoms with E-state index in [9.17, 15) is 5.21 Å². The molecular weight excluding hydrogens is 357 g/mol. The minimum atomic E-state index is -0.920. The zero-order valence-corrected chi connectivity index (χ0v) is 11.9. The Morgan fingerprint density at radius 1 is 1.11 bits per heavy atom. The minimum absolute atomic E-state index is 0.280. The Balaban J connectivity index is 2.03. The van der Waals surface area contributed by atoms with Crippen LogP contribution in [0.5, 0.6) is 0 Å². The zero-order chi connectivity index (χ0) is 13.4. The highest BCUT2D eigenvalue weighted by molar-refractivity contribution is 14.1. The van der Waals surface area contributed by atoms with Crippen LogP contribution in [0.25, 0.3) is 16.9 Å². The average Bonchev–Trinajstić information content (AvgIpc) is 2.81. The van der Waals surface area contributed by atoms with Gasteiger partial charge in [-0.2, -0.15) is 5.23 Å². The highest BCUT2D eigenvalue weighted by Crippen LogP contribution is 2.20. The number of hydrogen-bond donors (Lipinski definition) is 2. The van der Waals surface area contributed by atoms with Gasteiger partial charge in [0.05, 0.1) is 5.69 Å². The number of aromatic nitrogens is 2. The Bertz CT molecular complexity index is 722. The summed E-state index contributed by atoms with van der Waals surface area (Å²) in [5.41, 5.74) is 2.89. The summed E-state index contributed by atoms with van der Waals surface area (Å²) in [5, 5.41) is 18.8. The molecule has 6 heteroatoms. The van der Waals surface area contributed by atoms with Crippen LogP contribution in [0.15, 0.2) is 48.8 Å². The van der Waals surface area contributed by atoms with Crippen LogP contribution in [0.1, 0.15) is 0 Å². The average molecular weight is 367 g/mol. The minimum Gasteiger partial charge on any atom is -0.595 e. The van der Waals surface area contributed by atoms with Crippen molar-refractivity contribution in [1.82, 2.24) is 9.38 Å². The lowest BCUT2D eigenvalue weighted by atomic mass is 10.1. The lowest BCUT2D eigenvalue weighted by molar-refractivity contribution is -0.991. The summed E-state index contributed by atoms with van der Waals surface area (Å²) < 4.78 is 3.10. The van der Waals surface area contributed by atoms with Gasteiger partial charge in [0.25, 0.3) is 0 Å². The lowest BCUT2D eigenvalue weighted by Gasteiger charge is -2.10. The number of hydrogen-bond acceptors (Lipinski definition) is 3. The van der Waals surface area contributed by atoms with Gasteiger partial charge in [0.2, 0.25) is 0 Å². The van der Waals surface area contributed by atoms with Crippen molar-refractivity contribution in [3.05, 3.63) is 57.6 Å². The molecule has 96 valence electrons. The largest absolute Gasteiger partial charge is 0.595 e. The number of rotatable bonds is 2. The molecule has 0 saturated carbocycles. The molecule has 1 unspecified atom stereocenters. The number of benzene rings is 1. The molecule has 0 aliphatic heterocycles. The van der Waals surface area contributed by atoms with Crippen molar-refractivity contribution in [3.63, 3.8) is 0 Å². The monoisotopic (exact) mass is 367 g/mol. The van der Waals surface area contributed by atoms with Crippen molar-refractivity contribution in [2.75, 3.05) is 0 Å². The molecule has 19 heavy (non-hydrogen) atoms. The van der Waals surface area contributed by atoms with E-state index in [-0.39, 0.29) is 5.69 Å². The molecule has 0 aliphatic rings. The van der Waals surface area contributed by atoms with E-state index in [1.54, 1.807) is 24.3 Å². The fourth-order valence-corrected chi connectivity index (χ4v) is 2.37. The van der Waals surface area contributed by atoms with Crippen molar-refractivity contribution in [1.29, 1.82) is 0 Å². The Hall–Kier alpha value is -1.48. The molecular formula is C13H10IN3O2. The Morgan fingerprint density at radius 3 is 2.53 bits per heavy atom. The number of imidazole rings is 1. The van der Waals surface area contributed by atoms with Crippen LogP contribution in [0, 0.1) is 8.78 Å². The molecule has 3 aromatic rings. The van der Waals surface area contributed by atoms with E-state index in [2.05, 4.69) is 27.6 Å². The summed E-state index contributed by atoms with van der Waals surface area (Å²) >= 11 is 2.25. The molecule has 1 aromatic carbocycles. The van der Waals surface area contributed by atoms with Gasteiger partial charge in [0, 0.05) is 33.7 Å². The number of nitrogens with zero attached hydrogens (tertiary/aromatic N) is 2. The summed E-state index contributed by atoms with van der Waals surface area (Å²) in [7, 11) is 0. The molecule has 3 rings (SSSR count). The number of pyridine rings is 1. The van der Waals surface area contributed by atoms with Crippen LogP contribution in [0.4, 0.5) is 5.69 Å². The first-order valence-electron chi connectivity index (χ1n) is 5.61. The summed E-state index contributed by atoms with van der Waals surface area (Å²) in [6.07, 6.45) is 3.94. The smallest absolute Gasteiger partial charge is 0.163 e. The maximum absolute atomic E-state index is 10.8. The van der Waals surface area contributed by atoms with Gasteiger partial charge in [0.1, 0.15) is 5.65 Å². The summed E-state index contributed by atoms with van der Waals surface area (Å²) in [6, 6.07) is 10.7. The van der Waals surface area contributed by atoms with Gasteiger partial charge in [-0.3, -0.25) is 0 Å². The van der Waals surface area contributed by atoms with Crippen LogP contribution in [0.2, 0.25) is 0 Å². The van der Waals surface area contributed by atoms with Gasteiger partial charge in [-0.25, -0.2) is 10.2 Å².